The van der Waals surface area contributed by atoms with E-state index in [-0.39, 0.29) is 25.4 Å². The average Bonchev–Trinajstić information content (AvgIpc) is 3.95. The van der Waals surface area contributed by atoms with Gasteiger partial charge in [0.1, 0.15) is 12.1 Å². The molecule has 1 amide bonds. The van der Waals surface area contributed by atoms with Crippen molar-refractivity contribution in [2.24, 2.45) is 5.73 Å². The van der Waals surface area contributed by atoms with Crippen molar-refractivity contribution in [3.63, 3.8) is 0 Å². The van der Waals surface area contributed by atoms with E-state index >= 15 is 0 Å². The Labute approximate surface area is 419 Å². The molecule has 0 saturated carbocycles. The van der Waals surface area contributed by atoms with Crippen LogP contribution < -0.4 is 11.1 Å². The quantitative estimate of drug-likeness (QED) is 0.0906. The fourth-order valence-electron chi connectivity index (χ4n) is 7.42. The largest absolute Gasteiger partial charge is 0.478 e. The summed E-state index contributed by atoms with van der Waals surface area (Å²) in [6, 6.07) is 32.5. The molecule has 0 aliphatic rings. The van der Waals surface area contributed by atoms with Crippen LogP contribution in [0.15, 0.2) is 122 Å². The van der Waals surface area contributed by atoms with Gasteiger partial charge < -0.3 is 16.2 Å². The van der Waals surface area contributed by atoms with Gasteiger partial charge in [0.25, 0.3) is 5.91 Å². The van der Waals surface area contributed by atoms with Crippen LogP contribution in [0.2, 0.25) is 20.1 Å². The number of hydrogen-bond donors (Lipinski definition) is 5. The summed E-state index contributed by atoms with van der Waals surface area (Å²) in [7, 11) is 0. The van der Waals surface area contributed by atoms with Crippen LogP contribution in [0.25, 0.3) is 43.6 Å². The summed E-state index contributed by atoms with van der Waals surface area (Å²) in [5.74, 6) is -1.23. The fourth-order valence-corrected chi connectivity index (χ4v) is 8.10. The lowest BCUT2D eigenvalue weighted by Gasteiger charge is -2.08. The lowest BCUT2D eigenvalue weighted by molar-refractivity contribution is 0.0696. The number of aromatic carboxylic acids is 1. The smallest absolute Gasteiger partial charge is 0.335 e. The number of amides is 1. The zero-order chi connectivity index (χ0) is 48.6. The number of nitrogens with zero attached hydrogens (tertiary/aromatic N) is 8. The molecule has 0 aliphatic heterocycles. The van der Waals surface area contributed by atoms with E-state index in [4.69, 9.17) is 57.2 Å². The molecule has 6 heterocycles. The Hall–Kier alpha value is -8.02. The number of rotatable bonds is 9. The maximum absolute atomic E-state index is 12.8. The molecular weight excluding hydrogens is 970 g/mol. The summed E-state index contributed by atoms with van der Waals surface area (Å²) in [5.41, 5.74) is 14.7. The van der Waals surface area contributed by atoms with Crippen molar-refractivity contribution in [3.05, 3.63) is 198 Å². The van der Waals surface area contributed by atoms with Gasteiger partial charge in [-0.1, -0.05) is 53.8 Å². The van der Waals surface area contributed by atoms with Gasteiger partial charge in [-0.3, -0.25) is 34.9 Å². The number of carbonyl (C=O) groups excluding carboxylic acids is 1. The van der Waals surface area contributed by atoms with Crippen molar-refractivity contribution in [3.8, 4) is 12.1 Å². The molecule has 0 spiro atoms. The molecule has 4 aromatic carbocycles. The van der Waals surface area contributed by atoms with Crippen LogP contribution in [-0.2, 0) is 25.9 Å². The van der Waals surface area contributed by atoms with Gasteiger partial charge in [-0.05, 0) is 108 Å². The number of nitrogens with two attached hydrogens (primary N) is 1. The number of hydrogen-bond acceptors (Lipinski definition) is 11. The van der Waals surface area contributed by atoms with Crippen molar-refractivity contribution >= 4 is 102 Å². The molecule has 19 heteroatoms. The van der Waals surface area contributed by atoms with Crippen LogP contribution >= 0.6 is 46.4 Å². The van der Waals surface area contributed by atoms with Crippen LogP contribution in [-0.4, -0.2) is 57.3 Å². The van der Waals surface area contributed by atoms with Crippen molar-refractivity contribution in [2.45, 2.75) is 33.4 Å². The minimum Gasteiger partial charge on any atom is -0.478 e. The molecule has 10 aromatic rings. The summed E-state index contributed by atoms with van der Waals surface area (Å²) in [4.78, 5) is 40.9. The van der Waals surface area contributed by atoms with Crippen LogP contribution in [0.1, 0.15) is 73.2 Å². The molecule has 0 radical (unpaired) electrons. The number of nitriles is 2. The lowest BCUT2D eigenvalue weighted by Crippen LogP contribution is -2.23. The van der Waals surface area contributed by atoms with E-state index in [0.29, 0.717) is 78.6 Å². The van der Waals surface area contributed by atoms with Gasteiger partial charge in [0.15, 0.2) is 0 Å². The first-order valence-electron chi connectivity index (χ1n) is 20.7. The number of benzene rings is 4. The van der Waals surface area contributed by atoms with E-state index in [1.807, 2.05) is 42.5 Å². The van der Waals surface area contributed by atoms with E-state index in [1.165, 1.54) is 30.7 Å². The van der Waals surface area contributed by atoms with Gasteiger partial charge in [0.2, 0.25) is 0 Å². The number of aromatic nitrogens is 8. The highest BCUT2D eigenvalue weighted by Gasteiger charge is 2.14. The molecule has 10 rings (SSSR count). The van der Waals surface area contributed by atoms with Gasteiger partial charge in [-0.25, -0.2) is 4.79 Å². The fraction of sp³-hybridized carbons (Fsp3) is 0.0980. The molecule has 70 heavy (non-hydrogen) atoms. The summed E-state index contributed by atoms with van der Waals surface area (Å²) < 4.78 is 0. The molecule has 6 N–H and O–H groups in total. The Bertz CT molecular complexity index is 3680. The average molecular weight is 1010 g/mol. The summed E-state index contributed by atoms with van der Waals surface area (Å²) in [6.45, 7) is 0.730. The predicted molar refractivity (Wildman–Crippen MR) is 272 cm³/mol. The van der Waals surface area contributed by atoms with Gasteiger partial charge in [0.05, 0.1) is 66.7 Å². The van der Waals surface area contributed by atoms with E-state index in [0.717, 1.165) is 55.1 Å². The Morgan fingerprint density at radius 1 is 0.614 bits per heavy atom. The zero-order valence-corrected chi connectivity index (χ0v) is 38.8. The molecule has 0 fully saturated rings. The first-order valence-corrected chi connectivity index (χ1v) is 22.2. The number of carboxylic acids is 1. The van der Waals surface area contributed by atoms with Gasteiger partial charge >= 0.3 is 5.97 Å². The first-order chi connectivity index (χ1) is 33.4. The number of pyridine rings is 4. The van der Waals surface area contributed by atoms with E-state index in [1.54, 1.807) is 48.7 Å². The second-order valence-corrected chi connectivity index (χ2v) is 17.1. The highest BCUT2D eigenvalue weighted by molar-refractivity contribution is 6.32. The van der Waals surface area contributed by atoms with E-state index < -0.39 is 5.97 Å². The SMILES string of the molecule is C.N#Cc1cc(Cc2cc(C(=O)NCc3[nH]nc4ccc(Cl)cc34)ccn2)cc2cc(Cl)cnc12.N#Cc1cc(Cc2cc(C(=O)O)ccn2)cc2cc(Cl)cnc12.NCc1[nH]nc2ccc(Cl)cc12. The van der Waals surface area contributed by atoms with Crippen LogP contribution in [0.3, 0.4) is 0 Å². The molecule has 0 atom stereocenters. The lowest BCUT2D eigenvalue weighted by atomic mass is 10.0. The van der Waals surface area contributed by atoms with Crippen LogP contribution in [0.5, 0.6) is 0 Å². The third-order valence-electron chi connectivity index (χ3n) is 10.6. The summed E-state index contributed by atoms with van der Waals surface area (Å²) in [5, 5.41) is 50.6. The number of carbonyl (C=O) groups is 2. The number of fused-ring (bicyclic) bond motifs is 4. The Balaban J connectivity index is 0.000000172. The normalized spacial score (nSPS) is 10.6. The number of carboxylic acid groups (broad SMARTS) is 1. The topological polar surface area (TPSA) is 249 Å². The minimum absolute atomic E-state index is 0. The second kappa shape index (κ2) is 22.4. The number of aromatic amines is 2. The van der Waals surface area contributed by atoms with Crippen LogP contribution in [0.4, 0.5) is 0 Å². The molecule has 348 valence electrons. The van der Waals surface area contributed by atoms with E-state index in [2.05, 4.69) is 57.8 Å². The number of nitrogens with one attached hydrogen (secondary N) is 3. The maximum Gasteiger partial charge on any atom is 0.335 e. The predicted octanol–water partition coefficient (Wildman–Crippen LogP) is 11.0. The van der Waals surface area contributed by atoms with Crippen molar-refractivity contribution in [2.75, 3.05) is 0 Å². The van der Waals surface area contributed by atoms with Gasteiger partial charge in [-0.15, -0.1) is 0 Å². The third kappa shape index (κ3) is 11.8. The Morgan fingerprint density at radius 2 is 1.10 bits per heavy atom. The van der Waals surface area contributed by atoms with Crippen LogP contribution in [0, 0.1) is 22.7 Å². The highest BCUT2D eigenvalue weighted by Crippen LogP contribution is 2.26. The van der Waals surface area contributed by atoms with Gasteiger partial charge in [-0.2, -0.15) is 20.7 Å². The summed E-state index contributed by atoms with van der Waals surface area (Å²) in [6.07, 6.45) is 6.95. The van der Waals surface area contributed by atoms with Crippen molar-refractivity contribution in [1.82, 2.24) is 45.6 Å². The Morgan fingerprint density at radius 3 is 1.60 bits per heavy atom. The minimum atomic E-state index is -0.999. The molecule has 0 aliphatic carbocycles. The highest BCUT2D eigenvalue weighted by atomic mass is 35.5. The maximum atomic E-state index is 12.8. The summed E-state index contributed by atoms with van der Waals surface area (Å²) >= 11 is 23.9. The third-order valence-corrected chi connectivity index (χ3v) is 11.5. The van der Waals surface area contributed by atoms with Crippen molar-refractivity contribution in [1.29, 1.82) is 10.5 Å². The first kappa shape index (κ1) is 49.9. The second-order valence-electron chi connectivity index (χ2n) is 15.3. The van der Waals surface area contributed by atoms with E-state index in [9.17, 15) is 20.1 Å². The molecule has 0 saturated heterocycles. The number of H-pyrrole nitrogens is 2. The molecule has 0 bridgehead atoms. The molecule has 0 unspecified atom stereocenters. The molecule has 15 nitrogen and oxygen atoms in total. The van der Waals surface area contributed by atoms with Gasteiger partial charge in [0, 0.05) is 92.7 Å². The molecule has 6 aromatic heterocycles. The molecular formula is C51H38Cl4N12O3. The monoisotopic (exact) mass is 1010 g/mol. The standard InChI is InChI=1S/C25H16Cl2N6O.C17H10ClN3O2.C8H8ClN3.CH4/c26-18-1-2-22-21(10-18)23(33-32-22)13-31-25(34)15-3-4-29-20(9-15)7-14-5-16-8-19(27)12-30-24(16)17(6-14)11-28;18-14-6-12-3-10(4-13(8-19)16(12)21-9-14)5-15-7-11(17(22)23)1-2-20-15;9-5-1-2-7-6(3-5)8(4-10)12-11-7;/h1-6,8-10,12H,7,13H2,(H,31,34)(H,32,33);1-4,6-7,9H,5H2,(H,22,23);1-3H,4,10H2,(H,11,12);1H4. The number of halogens is 4. The van der Waals surface area contributed by atoms with Crippen molar-refractivity contribution < 1.29 is 14.7 Å². The Kier molecular flexibility index (Phi) is 16.0. The zero-order valence-electron chi connectivity index (χ0n) is 35.8.